The summed E-state index contributed by atoms with van der Waals surface area (Å²) in [7, 11) is 0. The lowest BCUT2D eigenvalue weighted by Crippen LogP contribution is -2.34. The van der Waals surface area contributed by atoms with Gasteiger partial charge in [0.1, 0.15) is 11.5 Å². The molecule has 6 heteroatoms. The number of hydrogen-bond acceptors (Lipinski definition) is 5. The van der Waals surface area contributed by atoms with Gasteiger partial charge in [-0.05, 0) is 13.8 Å². The van der Waals surface area contributed by atoms with Crippen LogP contribution in [0, 0.1) is 0 Å². The molecule has 0 radical (unpaired) electrons. The molecule has 1 aromatic rings. The number of aliphatic hydroxyl groups excluding tert-OH is 1. The zero-order valence-electron chi connectivity index (χ0n) is 10.2. The predicted molar refractivity (Wildman–Crippen MR) is 64.9 cm³/mol. The minimum absolute atomic E-state index is 0.0556. The molecule has 0 saturated heterocycles. The average molecular weight is 238 g/mol. The second-order valence-electron chi connectivity index (χ2n) is 3.43. The van der Waals surface area contributed by atoms with Crippen molar-refractivity contribution in [3.63, 3.8) is 0 Å². The van der Waals surface area contributed by atoms with E-state index in [2.05, 4.69) is 15.3 Å². The molecule has 1 heterocycles. The number of rotatable bonds is 6. The summed E-state index contributed by atoms with van der Waals surface area (Å²) in [6, 6.07) is 0. The third-order valence-corrected chi connectivity index (χ3v) is 2.25. The van der Waals surface area contributed by atoms with E-state index < -0.39 is 0 Å². The fourth-order valence-electron chi connectivity index (χ4n) is 1.42. The maximum atomic E-state index is 12.0. The molecule has 1 amide bonds. The number of aliphatic hydroxyl groups is 1. The largest absolute Gasteiger partial charge is 0.395 e. The molecule has 94 valence electrons. The molecule has 1 rings (SSSR count). The van der Waals surface area contributed by atoms with E-state index in [-0.39, 0.29) is 12.5 Å². The Kier molecular flexibility index (Phi) is 5.35. The molecule has 0 saturated carbocycles. The minimum atomic E-state index is -0.214. The number of carbonyl (C=O) groups excluding carboxylic acids is 1. The predicted octanol–water partition coefficient (Wildman–Crippen LogP) is 0.363. The summed E-state index contributed by atoms with van der Waals surface area (Å²) in [5, 5.41) is 11.9. The number of hydrogen-bond donors (Lipinski definition) is 2. The van der Waals surface area contributed by atoms with Crippen molar-refractivity contribution in [1.82, 2.24) is 14.9 Å². The van der Waals surface area contributed by atoms with Gasteiger partial charge >= 0.3 is 0 Å². The topological polar surface area (TPSA) is 78.4 Å². The SMILES string of the molecule is CCNc1cncc(C(=O)N(CC)CCO)n1. The van der Waals surface area contributed by atoms with Crippen LogP contribution >= 0.6 is 0 Å². The molecule has 0 bridgehead atoms. The Hall–Kier alpha value is -1.69. The lowest BCUT2D eigenvalue weighted by molar-refractivity contribution is 0.0726. The Morgan fingerprint density at radius 3 is 2.82 bits per heavy atom. The molecular formula is C11H18N4O2. The minimum Gasteiger partial charge on any atom is -0.395 e. The highest BCUT2D eigenvalue weighted by Crippen LogP contribution is 2.05. The Morgan fingerprint density at radius 2 is 2.24 bits per heavy atom. The zero-order chi connectivity index (χ0) is 12.7. The van der Waals surface area contributed by atoms with Gasteiger partial charge in [0.25, 0.3) is 5.91 Å². The van der Waals surface area contributed by atoms with Crippen molar-refractivity contribution in [1.29, 1.82) is 0 Å². The van der Waals surface area contributed by atoms with Crippen LogP contribution in [0.15, 0.2) is 12.4 Å². The molecule has 0 aliphatic rings. The molecule has 1 aromatic heterocycles. The Balaban J connectivity index is 2.83. The van der Waals surface area contributed by atoms with Gasteiger partial charge in [-0.25, -0.2) is 4.98 Å². The molecule has 0 fully saturated rings. The van der Waals surface area contributed by atoms with Gasteiger partial charge in [0.05, 0.1) is 19.0 Å². The highest BCUT2D eigenvalue weighted by Gasteiger charge is 2.15. The number of anilines is 1. The normalized spacial score (nSPS) is 10.1. The number of aromatic nitrogens is 2. The summed E-state index contributed by atoms with van der Waals surface area (Å²) < 4.78 is 0. The summed E-state index contributed by atoms with van der Waals surface area (Å²) in [6.45, 7) is 5.31. The van der Waals surface area contributed by atoms with Crippen molar-refractivity contribution in [2.45, 2.75) is 13.8 Å². The van der Waals surface area contributed by atoms with E-state index in [1.807, 2.05) is 13.8 Å². The van der Waals surface area contributed by atoms with E-state index in [1.165, 1.54) is 11.1 Å². The summed E-state index contributed by atoms with van der Waals surface area (Å²) in [5.74, 6) is 0.368. The van der Waals surface area contributed by atoms with E-state index in [0.29, 0.717) is 24.6 Å². The lowest BCUT2D eigenvalue weighted by Gasteiger charge is -2.19. The van der Waals surface area contributed by atoms with E-state index in [4.69, 9.17) is 5.11 Å². The molecule has 0 aliphatic heterocycles. The molecule has 0 aromatic carbocycles. The van der Waals surface area contributed by atoms with Crippen LogP contribution in [-0.4, -0.2) is 52.1 Å². The summed E-state index contributed by atoms with van der Waals surface area (Å²) in [4.78, 5) is 21.7. The molecular weight excluding hydrogens is 220 g/mol. The fourth-order valence-corrected chi connectivity index (χ4v) is 1.42. The van der Waals surface area contributed by atoms with E-state index in [9.17, 15) is 4.79 Å². The number of likely N-dealkylation sites (N-methyl/N-ethyl adjacent to an activating group) is 1. The van der Waals surface area contributed by atoms with E-state index in [0.717, 1.165) is 6.54 Å². The Morgan fingerprint density at radius 1 is 1.47 bits per heavy atom. The van der Waals surface area contributed by atoms with Crippen molar-refractivity contribution < 1.29 is 9.90 Å². The second kappa shape index (κ2) is 6.80. The highest BCUT2D eigenvalue weighted by molar-refractivity contribution is 5.92. The summed E-state index contributed by atoms with van der Waals surface area (Å²) in [5.41, 5.74) is 0.291. The maximum Gasteiger partial charge on any atom is 0.274 e. The van der Waals surface area contributed by atoms with Gasteiger partial charge in [0.15, 0.2) is 0 Å². The third-order valence-electron chi connectivity index (χ3n) is 2.25. The van der Waals surface area contributed by atoms with Gasteiger partial charge in [-0.15, -0.1) is 0 Å². The summed E-state index contributed by atoms with van der Waals surface area (Å²) in [6.07, 6.45) is 3.01. The Labute approximate surface area is 101 Å². The maximum absolute atomic E-state index is 12.0. The van der Waals surface area contributed by atoms with Crippen LogP contribution in [0.5, 0.6) is 0 Å². The van der Waals surface area contributed by atoms with Gasteiger partial charge in [-0.3, -0.25) is 9.78 Å². The second-order valence-corrected chi connectivity index (χ2v) is 3.43. The highest BCUT2D eigenvalue weighted by atomic mass is 16.3. The number of carbonyl (C=O) groups is 1. The summed E-state index contributed by atoms with van der Waals surface area (Å²) >= 11 is 0. The van der Waals surface area contributed by atoms with Crippen LogP contribution in [0.2, 0.25) is 0 Å². The number of nitrogens with one attached hydrogen (secondary N) is 1. The van der Waals surface area contributed by atoms with Crippen LogP contribution in [0.25, 0.3) is 0 Å². The number of amides is 1. The van der Waals surface area contributed by atoms with Crippen LogP contribution < -0.4 is 5.32 Å². The lowest BCUT2D eigenvalue weighted by atomic mass is 10.3. The van der Waals surface area contributed by atoms with Crippen molar-refractivity contribution in [3.05, 3.63) is 18.1 Å². The van der Waals surface area contributed by atoms with Crippen molar-refractivity contribution in [2.75, 3.05) is 31.6 Å². The molecule has 2 N–H and O–H groups in total. The van der Waals surface area contributed by atoms with Gasteiger partial charge in [-0.1, -0.05) is 0 Å². The standard InChI is InChI=1S/C11H18N4O2/c1-3-13-10-8-12-7-9(14-10)11(17)15(4-2)5-6-16/h7-8,16H,3-6H2,1-2H3,(H,13,14). The molecule has 0 spiro atoms. The number of nitrogens with zero attached hydrogens (tertiary/aromatic N) is 3. The van der Waals surface area contributed by atoms with Crippen LogP contribution in [0.4, 0.5) is 5.82 Å². The smallest absolute Gasteiger partial charge is 0.274 e. The first-order valence-corrected chi connectivity index (χ1v) is 5.69. The molecule has 17 heavy (non-hydrogen) atoms. The molecule has 6 nitrogen and oxygen atoms in total. The Bertz CT molecular complexity index is 370. The van der Waals surface area contributed by atoms with Crippen LogP contribution in [-0.2, 0) is 0 Å². The van der Waals surface area contributed by atoms with Crippen molar-refractivity contribution >= 4 is 11.7 Å². The first kappa shape index (κ1) is 13.4. The average Bonchev–Trinajstić information content (AvgIpc) is 2.36. The van der Waals surface area contributed by atoms with Crippen molar-refractivity contribution in [2.24, 2.45) is 0 Å². The molecule has 0 aliphatic carbocycles. The fraction of sp³-hybridized carbons (Fsp3) is 0.545. The van der Waals surface area contributed by atoms with Gasteiger partial charge < -0.3 is 15.3 Å². The monoisotopic (exact) mass is 238 g/mol. The van der Waals surface area contributed by atoms with E-state index >= 15 is 0 Å². The van der Waals surface area contributed by atoms with Gasteiger partial charge in [0, 0.05) is 19.6 Å². The molecule has 0 unspecified atom stereocenters. The van der Waals surface area contributed by atoms with Crippen LogP contribution in [0.1, 0.15) is 24.3 Å². The zero-order valence-corrected chi connectivity index (χ0v) is 10.2. The van der Waals surface area contributed by atoms with Crippen molar-refractivity contribution in [3.8, 4) is 0 Å². The first-order chi connectivity index (χ1) is 8.22. The van der Waals surface area contributed by atoms with Crippen LogP contribution in [0.3, 0.4) is 0 Å². The third kappa shape index (κ3) is 3.67. The molecule has 0 atom stereocenters. The first-order valence-electron chi connectivity index (χ1n) is 5.69. The van der Waals surface area contributed by atoms with Gasteiger partial charge in [-0.2, -0.15) is 0 Å². The van der Waals surface area contributed by atoms with Gasteiger partial charge in [0.2, 0.25) is 0 Å². The quantitative estimate of drug-likeness (QED) is 0.748. The van der Waals surface area contributed by atoms with E-state index in [1.54, 1.807) is 6.20 Å².